The summed E-state index contributed by atoms with van der Waals surface area (Å²) in [5.74, 6) is -0.597. The zero-order valence-corrected chi connectivity index (χ0v) is 14.7. The Bertz CT molecular complexity index is 591. The first-order chi connectivity index (χ1) is 9.96. The fraction of sp³-hybridized carbons (Fsp3) is 0.571. The van der Waals surface area contributed by atoms with Crippen LogP contribution in [0.15, 0.2) is 23.1 Å². The molecule has 1 aromatic rings. The molecule has 0 atom stereocenters. The summed E-state index contributed by atoms with van der Waals surface area (Å²) in [6, 6.07) is 3.43. The maximum absolute atomic E-state index is 13.4. The van der Waals surface area contributed by atoms with Gasteiger partial charge < -0.3 is 0 Å². The van der Waals surface area contributed by atoms with Crippen molar-refractivity contribution in [2.45, 2.75) is 43.0 Å². The van der Waals surface area contributed by atoms with Gasteiger partial charge in [0, 0.05) is 17.9 Å². The number of halogens is 3. The Morgan fingerprint density at radius 3 is 2.57 bits per heavy atom. The number of benzene rings is 1. The van der Waals surface area contributed by atoms with E-state index in [1.807, 2.05) is 0 Å². The first kappa shape index (κ1) is 17.2. The highest BCUT2D eigenvalue weighted by Gasteiger charge is 2.33. The van der Waals surface area contributed by atoms with Crippen LogP contribution in [0.5, 0.6) is 0 Å². The van der Waals surface area contributed by atoms with Crippen LogP contribution in [0.1, 0.15) is 32.1 Å². The molecule has 0 bridgehead atoms. The second-order valence-electron chi connectivity index (χ2n) is 5.17. The predicted octanol–water partition coefficient (Wildman–Crippen LogP) is 4.20. The van der Waals surface area contributed by atoms with Crippen LogP contribution >= 0.6 is 27.5 Å². The summed E-state index contributed by atoms with van der Waals surface area (Å²) in [5, 5.41) is 0.599. The van der Waals surface area contributed by atoms with Crippen LogP contribution in [0.4, 0.5) is 4.39 Å². The number of alkyl halides is 1. The Morgan fingerprint density at radius 2 is 1.95 bits per heavy atom. The minimum atomic E-state index is -3.78. The van der Waals surface area contributed by atoms with Gasteiger partial charge in [-0.15, -0.1) is 0 Å². The third-order valence-corrected chi connectivity index (χ3v) is 6.55. The lowest BCUT2D eigenvalue weighted by Gasteiger charge is -2.33. The summed E-state index contributed by atoms with van der Waals surface area (Å²) in [6.45, 7) is 0.361. The van der Waals surface area contributed by atoms with E-state index in [4.69, 9.17) is 11.6 Å². The number of rotatable bonds is 5. The van der Waals surface area contributed by atoms with Gasteiger partial charge in [-0.05, 0) is 31.0 Å². The quantitative estimate of drug-likeness (QED) is 0.697. The lowest BCUT2D eigenvalue weighted by atomic mass is 9.95. The number of hydrogen-bond acceptors (Lipinski definition) is 2. The van der Waals surface area contributed by atoms with E-state index in [-0.39, 0.29) is 16.0 Å². The highest BCUT2D eigenvalue weighted by Crippen LogP contribution is 2.31. The fourth-order valence-electron chi connectivity index (χ4n) is 2.75. The molecule has 0 N–H and O–H groups in total. The van der Waals surface area contributed by atoms with E-state index in [1.54, 1.807) is 0 Å². The van der Waals surface area contributed by atoms with Crippen LogP contribution in [-0.4, -0.2) is 30.6 Å². The average molecular weight is 399 g/mol. The zero-order chi connectivity index (χ0) is 15.5. The van der Waals surface area contributed by atoms with E-state index in [9.17, 15) is 12.8 Å². The van der Waals surface area contributed by atoms with Crippen molar-refractivity contribution in [1.29, 1.82) is 0 Å². The highest BCUT2D eigenvalue weighted by atomic mass is 79.9. The van der Waals surface area contributed by atoms with E-state index in [0.29, 0.717) is 11.9 Å². The smallest absolute Gasteiger partial charge is 0.207 e. The third-order valence-electron chi connectivity index (χ3n) is 3.77. The Hall–Kier alpha value is -0.170. The third kappa shape index (κ3) is 3.97. The molecule has 1 aliphatic carbocycles. The molecule has 3 nitrogen and oxygen atoms in total. The minimum absolute atomic E-state index is 0.0272. The van der Waals surface area contributed by atoms with Crippen LogP contribution in [-0.2, 0) is 10.0 Å². The summed E-state index contributed by atoms with van der Waals surface area (Å²) in [4.78, 5) is -0.143. The van der Waals surface area contributed by atoms with E-state index in [0.717, 1.165) is 44.2 Å². The summed E-state index contributed by atoms with van der Waals surface area (Å²) >= 11 is 9.28. The van der Waals surface area contributed by atoms with Crippen molar-refractivity contribution in [3.8, 4) is 0 Å². The van der Waals surface area contributed by atoms with Gasteiger partial charge in [0.05, 0.1) is 5.02 Å². The van der Waals surface area contributed by atoms with E-state index < -0.39 is 15.8 Å². The number of hydrogen-bond donors (Lipinski definition) is 0. The molecule has 0 unspecified atom stereocenters. The van der Waals surface area contributed by atoms with Crippen molar-refractivity contribution in [3.05, 3.63) is 29.0 Å². The molecule has 0 radical (unpaired) electrons. The maximum atomic E-state index is 13.4. The van der Waals surface area contributed by atoms with E-state index >= 15 is 0 Å². The van der Waals surface area contributed by atoms with Crippen molar-refractivity contribution in [3.63, 3.8) is 0 Å². The first-order valence-corrected chi connectivity index (χ1v) is 9.93. The highest BCUT2D eigenvalue weighted by molar-refractivity contribution is 9.09. The molecule has 1 aliphatic rings. The van der Waals surface area contributed by atoms with Crippen LogP contribution in [0.2, 0.25) is 5.02 Å². The lowest BCUT2D eigenvalue weighted by molar-refractivity contribution is 0.263. The molecule has 0 aromatic heterocycles. The van der Waals surface area contributed by atoms with Gasteiger partial charge in [-0.25, -0.2) is 12.8 Å². The normalized spacial score (nSPS) is 17.3. The topological polar surface area (TPSA) is 37.4 Å². The van der Waals surface area contributed by atoms with Gasteiger partial charge in [0.15, 0.2) is 0 Å². The molecular weight excluding hydrogens is 381 g/mol. The number of nitrogens with zero attached hydrogens (tertiary/aromatic N) is 1. The molecule has 1 aromatic carbocycles. The van der Waals surface area contributed by atoms with Crippen molar-refractivity contribution < 1.29 is 12.8 Å². The van der Waals surface area contributed by atoms with Gasteiger partial charge in [0.25, 0.3) is 0 Å². The molecule has 1 fully saturated rings. The van der Waals surface area contributed by atoms with Crippen molar-refractivity contribution in [1.82, 2.24) is 4.31 Å². The van der Waals surface area contributed by atoms with Gasteiger partial charge in [0.1, 0.15) is 10.7 Å². The first-order valence-electron chi connectivity index (χ1n) is 6.99. The van der Waals surface area contributed by atoms with Gasteiger partial charge in [-0.3, -0.25) is 0 Å². The summed E-state index contributed by atoms with van der Waals surface area (Å²) in [5.41, 5.74) is 0. The van der Waals surface area contributed by atoms with Gasteiger partial charge in [-0.2, -0.15) is 4.31 Å². The summed E-state index contributed by atoms with van der Waals surface area (Å²) < 4.78 is 40.6. The Kier molecular flexibility index (Phi) is 6.05. The summed E-state index contributed by atoms with van der Waals surface area (Å²) in [6.07, 6.45) is 4.88. The van der Waals surface area contributed by atoms with Crippen LogP contribution in [0.25, 0.3) is 0 Å². The molecule has 1 saturated carbocycles. The molecular formula is C14H18BrClFNO2S. The van der Waals surface area contributed by atoms with Crippen LogP contribution < -0.4 is 0 Å². The fourth-order valence-corrected chi connectivity index (χ4v) is 5.54. The molecule has 0 spiro atoms. The molecule has 7 heteroatoms. The van der Waals surface area contributed by atoms with Crippen molar-refractivity contribution in [2.24, 2.45) is 0 Å². The lowest BCUT2D eigenvalue weighted by Crippen LogP contribution is -2.42. The van der Waals surface area contributed by atoms with Crippen LogP contribution in [0, 0.1) is 5.82 Å². The predicted molar refractivity (Wildman–Crippen MR) is 86.0 cm³/mol. The molecule has 21 heavy (non-hydrogen) atoms. The number of sulfonamides is 1. The molecule has 0 amide bonds. The van der Waals surface area contributed by atoms with Crippen molar-refractivity contribution >= 4 is 37.6 Å². The van der Waals surface area contributed by atoms with Crippen molar-refractivity contribution in [2.75, 3.05) is 11.9 Å². The van der Waals surface area contributed by atoms with E-state index in [1.165, 1.54) is 10.4 Å². The largest absolute Gasteiger partial charge is 0.244 e. The molecule has 118 valence electrons. The second-order valence-corrected chi connectivity index (χ2v) is 8.23. The van der Waals surface area contributed by atoms with Crippen LogP contribution in [0.3, 0.4) is 0 Å². The van der Waals surface area contributed by atoms with Gasteiger partial charge in [-0.1, -0.05) is 46.8 Å². The standard InChI is InChI=1S/C14H18BrClFNO2S/c15-8-9-18(12-4-2-1-3-5-12)21(19,20)14-10-11(17)6-7-13(14)16/h6-7,10,12H,1-5,8-9H2. The minimum Gasteiger partial charge on any atom is -0.207 e. The van der Waals surface area contributed by atoms with Gasteiger partial charge in [0.2, 0.25) is 10.0 Å². The van der Waals surface area contributed by atoms with Gasteiger partial charge >= 0.3 is 0 Å². The van der Waals surface area contributed by atoms with E-state index in [2.05, 4.69) is 15.9 Å². The average Bonchev–Trinajstić information content (AvgIpc) is 2.48. The Balaban J connectivity index is 2.39. The molecule has 0 aliphatic heterocycles. The Morgan fingerprint density at radius 1 is 1.29 bits per heavy atom. The summed E-state index contributed by atoms with van der Waals surface area (Å²) in [7, 11) is -3.78. The Labute approximate surface area is 138 Å². The SMILES string of the molecule is O=S(=O)(c1cc(F)ccc1Cl)N(CCBr)C1CCCCC1. The zero-order valence-electron chi connectivity index (χ0n) is 11.6. The molecule has 2 rings (SSSR count). The second kappa shape index (κ2) is 7.40. The monoisotopic (exact) mass is 397 g/mol. The maximum Gasteiger partial charge on any atom is 0.244 e. The molecule has 0 saturated heterocycles. The molecule has 0 heterocycles.